The molecule has 0 N–H and O–H groups in total. The Balaban J connectivity index is 2.85. The van der Waals surface area contributed by atoms with Crippen molar-refractivity contribution in [2.75, 3.05) is 6.61 Å². The van der Waals surface area contributed by atoms with Crippen LogP contribution >= 0.6 is 22.6 Å². The largest absolute Gasteiger partial charge is 0.456 e. The summed E-state index contributed by atoms with van der Waals surface area (Å²) in [6, 6.07) is 0. The van der Waals surface area contributed by atoms with Crippen LogP contribution in [0.5, 0.6) is 0 Å². The van der Waals surface area contributed by atoms with Crippen LogP contribution in [0.25, 0.3) is 0 Å². The maximum Gasteiger partial charge on any atom is 0.303 e. The zero-order valence-electron chi connectivity index (χ0n) is 11.7. The number of ether oxygens (including phenoxy) is 2. The molecular formula is C14H23IO3. The lowest BCUT2D eigenvalue weighted by Gasteiger charge is -2.42. The number of hydrogen-bond donors (Lipinski definition) is 0. The van der Waals surface area contributed by atoms with Crippen LogP contribution in [-0.4, -0.2) is 24.3 Å². The molecule has 0 aromatic rings. The van der Waals surface area contributed by atoms with E-state index in [0.717, 1.165) is 19.3 Å². The summed E-state index contributed by atoms with van der Waals surface area (Å²) in [5, 5.41) is 0. The molecule has 0 aliphatic carbocycles. The summed E-state index contributed by atoms with van der Waals surface area (Å²) >= 11 is 2.33. The maximum absolute atomic E-state index is 11.0. The summed E-state index contributed by atoms with van der Waals surface area (Å²) in [7, 11) is 0. The first kappa shape index (κ1) is 16.0. The molecule has 18 heavy (non-hydrogen) atoms. The monoisotopic (exact) mass is 366 g/mol. The van der Waals surface area contributed by atoms with Crippen molar-refractivity contribution in [2.45, 2.75) is 58.7 Å². The van der Waals surface area contributed by atoms with Gasteiger partial charge in [-0.3, -0.25) is 4.79 Å². The van der Waals surface area contributed by atoms with Crippen molar-refractivity contribution in [3.8, 4) is 0 Å². The first-order chi connectivity index (χ1) is 8.42. The van der Waals surface area contributed by atoms with Gasteiger partial charge in [0, 0.05) is 10.5 Å². The second-order valence-electron chi connectivity index (χ2n) is 5.12. The molecule has 0 bridgehead atoms. The molecule has 1 heterocycles. The predicted molar refractivity (Wildman–Crippen MR) is 80.7 cm³/mol. The van der Waals surface area contributed by atoms with Crippen LogP contribution < -0.4 is 0 Å². The van der Waals surface area contributed by atoms with Crippen molar-refractivity contribution < 1.29 is 14.3 Å². The zero-order chi connectivity index (χ0) is 13.8. The van der Waals surface area contributed by atoms with Crippen LogP contribution in [0.4, 0.5) is 0 Å². The van der Waals surface area contributed by atoms with Crippen molar-refractivity contribution in [1.82, 2.24) is 0 Å². The maximum atomic E-state index is 11.0. The fraction of sp³-hybridized carbons (Fsp3) is 0.786. The standard InChI is InChI=1S/C14H23IO3/c1-5-6-7-14(10(2)3)13(15)8-12(9-17-14)18-11(4)16/h8,10,12H,5-7,9H2,1-4H3/t12-,14+/m1/s1. The Hall–Kier alpha value is -0.100. The van der Waals surface area contributed by atoms with E-state index in [1.54, 1.807) is 0 Å². The van der Waals surface area contributed by atoms with Crippen molar-refractivity contribution in [2.24, 2.45) is 5.92 Å². The van der Waals surface area contributed by atoms with E-state index < -0.39 is 0 Å². The van der Waals surface area contributed by atoms with E-state index in [9.17, 15) is 4.79 Å². The van der Waals surface area contributed by atoms with E-state index in [1.165, 1.54) is 10.5 Å². The molecule has 0 saturated heterocycles. The molecule has 0 unspecified atom stereocenters. The molecule has 3 nitrogen and oxygen atoms in total. The summed E-state index contributed by atoms with van der Waals surface area (Å²) in [4.78, 5) is 11.0. The van der Waals surface area contributed by atoms with Crippen molar-refractivity contribution in [1.29, 1.82) is 0 Å². The molecule has 2 atom stereocenters. The van der Waals surface area contributed by atoms with Crippen LogP contribution in [0, 0.1) is 5.92 Å². The summed E-state index contributed by atoms with van der Waals surface area (Å²) in [6.45, 7) is 8.47. The Labute approximate surface area is 123 Å². The van der Waals surface area contributed by atoms with Gasteiger partial charge in [0.25, 0.3) is 0 Å². The van der Waals surface area contributed by atoms with Crippen LogP contribution in [-0.2, 0) is 14.3 Å². The van der Waals surface area contributed by atoms with Crippen LogP contribution in [0.1, 0.15) is 47.0 Å². The summed E-state index contributed by atoms with van der Waals surface area (Å²) < 4.78 is 12.5. The number of esters is 1. The quantitative estimate of drug-likeness (QED) is 0.548. The molecule has 0 fully saturated rings. The molecule has 1 aliphatic rings. The Morgan fingerprint density at radius 2 is 2.33 bits per heavy atom. The topological polar surface area (TPSA) is 35.5 Å². The molecule has 4 heteroatoms. The molecule has 0 spiro atoms. The third kappa shape index (κ3) is 3.70. The number of hydrogen-bond acceptors (Lipinski definition) is 3. The van der Waals surface area contributed by atoms with Gasteiger partial charge >= 0.3 is 5.97 Å². The van der Waals surface area contributed by atoms with E-state index in [2.05, 4.69) is 43.4 Å². The lowest BCUT2D eigenvalue weighted by molar-refractivity contribution is -0.153. The number of carbonyl (C=O) groups is 1. The molecule has 0 aromatic heterocycles. The predicted octanol–water partition coefficient (Wildman–Crippen LogP) is 3.85. The number of rotatable bonds is 5. The highest BCUT2D eigenvalue weighted by atomic mass is 127. The minimum Gasteiger partial charge on any atom is -0.456 e. The van der Waals surface area contributed by atoms with Gasteiger partial charge in [-0.1, -0.05) is 33.6 Å². The third-order valence-corrected chi connectivity index (χ3v) is 4.67. The average molecular weight is 366 g/mol. The van der Waals surface area contributed by atoms with Gasteiger partial charge in [0.15, 0.2) is 0 Å². The first-order valence-corrected chi connectivity index (χ1v) is 7.69. The minimum atomic E-state index is -0.255. The number of halogens is 1. The fourth-order valence-electron chi connectivity index (χ4n) is 2.30. The lowest BCUT2D eigenvalue weighted by Crippen LogP contribution is -2.45. The van der Waals surface area contributed by atoms with Gasteiger partial charge in [0.2, 0.25) is 0 Å². The normalized spacial score (nSPS) is 28.1. The van der Waals surface area contributed by atoms with Crippen LogP contribution in [0.3, 0.4) is 0 Å². The van der Waals surface area contributed by atoms with Crippen LogP contribution in [0.2, 0.25) is 0 Å². The van der Waals surface area contributed by atoms with E-state index in [-0.39, 0.29) is 17.7 Å². The summed E-state index contributed by atoms with van der Waals surface area (Å²) in [5.41, 5.74) is -0.187. The third-order valence-electron chi connectivity index (χ3n) is 3.39. The van der Waals surface area contributed by atoms with Gasteiger partial charge < -0.3 is 9.47 Å². The number of carbonyl (C=O) groups excluding carboxylic acids is 1. The molecule has 0 aromatic carbocycles. The second kappa shape index (κ2) is 6.89. The molecule has 0 radical (unpaired) electrons. The summed E-state index contributed by atoms with van der Waals surface area (Å²) in [6.07, 6.45) is 5.15. The highest BCUT2D eigenvalue weighted by Crippen LogP contribution is 2.41. The van der Waals surface area contributed by atoms with Crippen molar-refractivity contribution in [3.05, 3.63) is 9.66 Å². The molecular weight excluding hydrogens is 343 g/mol. The second-order valence-corrected chi connectivity index (χ2v) is 6.28. The van der Waals surface area contributed by atoms with Gasteiger partial charge in [0.05, 0.1) is 6.61 Å². The Bertz CT molecular complexity index is 325. The lowest BCUT2D eigenvalue weighted by atomic mass is 9.83. The van der Waals surface area contributed by atoms with E-state index in [1.807, 2.05) is 6.08 Å². The number of unbranched alkanes of at least 4 members (excludes halogenated alkanes) is 1. The van der Waals surface area contributed by atoms with E-state index in [4.69, 9.17) is 9.47 Å². The zero-order valence-corrected chi connectivity index (χ0v) is 13.8. The molecule has 0 saturated carbocycles. The van der Waals surface area contributed by atoms with Crippen molar-refractivity contribution in [3.63, 3.8) is 0 Å². The Morgan fingerprint density at radius 3 is 2.78 bits per heavy atom. The van der Waals surface area contributed by atoms with E-state index in [0.29, 0.717) is 12.5 Å². The molecule has 0 amide bonds. The van der Waals surface area contributed by atoms with Gasteiger partial charge in [-0.05, 0) is 41.0 Å². The van der Waals surface area contributed by atoms with Gasteiger partial charge in [-0.15, -0.1) is 0 Å². The van der Waals surface area contributed by atoms with Crippen molar-refractivity contribution >= 4 is 28.6 Å². The highest BCUT2D eigenvalue weighted by molar-refractivity contribution is 14.1. The van der Waals surface area contributed by atoms with Crippen LogP contribution in [0.15, 0.2) is 9.66 Å². The molecule has 1 rings (SSSR count). The fourth-order valence-corrected chi connectivity index (χ4v) is 3.74. The first-order valence-electron chi connectivity index (χ1n) is 6.61. The smallest absolute Gasteiger partial charge is 0.303 e. The Kier molecular flexibility index (Phi) is 6.11. The molecule has 104 valence electrons. The molecule has 1 aliphatic heterocycles. The van der Waals surface area contributed by atoms with Gasteiger partial charge in [-0.2, -0.15) is 0 Å². The minimum absolute atomic E-state index is 0.187. The highest BCUT2D eigenvalue weighted by Gasteiger charge is 2.41. The average Bonchev–Trinajstić information content (AvgIpc) is 2.27. The Morgan fingerprint density at radius 1 is 1.67 bits per heavy atom. The summed E-state index contributed by atoms with van der Waals surface area (Å²) in [5.74, 6) is 0.167. The van der Waals surface area contributed by atoms with E-state index >= 15 is 0 Å². The van der Waals surface area contributed by atoms with Gasteiger partial charge in [-0.25, -0.2) is 0 Å². The van der Waals surface area contributed by atoms with Gasteiger partial charge in [0.1, 0.15) is 11.7 Å². The SMILES string of the molecule is CCCC[C@@]1(C(C)C)OC[C@H](OC(C)=O)C=C1I.